The van der Waals surface area contributed by atoms with E-state index < -0.39 is 0 Å². The summed E-state index contributed by atoms with van der Waals surface area (Å²) in [5, 5.41) is 0. The van der Waals surface area contributed by atoms with Gasteiger partial charge in [0.05, 0.1) is 25.9 Å². The maximum atomic E-state index is 6.04. The van der Waals surface area contributed by atoms with Crippen LogP contribution in [0.1, 0.15) is 24.9 Å². The third-order valence-electron chi connectivity index (χ3n) is 3.84. The zero-order chi connectivity index (χ0) is 14.5. The summed E-state index contributed by atoms with van der Waals surface area (Å²) in [6, 6.07) is 6.25. The predicted octanol–water partition coefficient (Wildman–Crippen LogP) is 2.57. The van der Waals surface area contributed by atoms with Crippen molar-refractivity contribution in [1.82, 2.24) is 4.90 Å². The molecule has 1 aromatic carbocycles. The molecule has 1 aromatic rings. The predicted molar refractivity (Wildman–Crippen MR) is 84.1 cm³/mol. The van der Waals surface area contributed by atoms with Crippen LogP contribution in [0.3, 0.4) is 0 Å². The molecule has 1 saturated heterocycles. The zero-order valence-electron chi connectivity index (χ0n) is 12.1. The Morgan fingerprint density at radius 2 is 2.35 bits per heavy atom. The van der Waals surface area contributed by atoms with E-state index in [-0.39, 0.29) is 6.04 Å². The van der Waals surface area contributed by atoms with Crippen LogP contribution < -0.4 is 10.5 Å². The Morgan fingerprint density at radius 3 is 3.00 bits per heavy atom. The lowest BCUT2D eigenvalue weighted by atomic mass is 10.0. The Hall–Kier alpha value is -0.620. The average Bonchev–Trinajstić information content (AvgIpc) is 2.48. The van der Waals surface area contributed by atoms with Gasteiger partial charge < -0.3 is 15.2 Å². The van der Waals surface area contributed by atoms with Crippen LogP contribution in [0.2, 0.25) is 0 Å². The number of methoxy groups -OCH3 is 1. The van der Waals surface area contributed by atoms with Gasteiger partial charge in [-0.25, -0.2) is 0 Å². The molecular formula is C15H23BrN2O2. The van der Waals surface area contributed by atoms with Gasteiger partial charge in [0, 0.05) is 29.7 Å². The SMILES string of the molecule is CCC1CN(C(CN)c2cc(Br)ccc2OC)CCO1. The largest absolute Gasteiger partial charge is 0.496 e. The second kappa shape index (κ2) is 7.41. The number of nitrogens with two attached hydrogens (primary N) is 1. The molecule has 0 bridgehead atoms. The first-order valence-corrected chi connectivity index (χ1v) is 7.88. The molecule has 1 aliphatic rings. The molecule has 20 heavy (non-hydrogen) atoms. The maximum absolute atomic E-state index is 6.04. The fraction of sp³-hybridized carbons (Fsp3) is 0.600. The third-order valence-corrected chi connectivity index (χ3v) is 4.33. The lowest BCUT2D eigenvalue weighted by Crippen LogP contribution is -2.46. The molecule has 2 N–H and O–H groups in total. The molecule has 1 aliphatic heterocycles. The second-order valence-corrected chi connectivity index (χ2v) is 5.95. The molecule has 0 aromatic heterocycles. The topological polar surface area (TPSA) is 47.7 Å². The van der Waals surface area contributed by atoms with E-state index in [9.17, 15) is 0 Å². The summed E-state index contributed by atoms with van der Waals surface area (Å²) in [6.45, 7) is 5.34. The molecular weight excluding hydrogens is 320 g/mol. The van der Waals surface area contributed by atoms with Crippen molar-refractivity contribution >= 4 is 15.9 Å². The Kier molecular flexibility index (Phi) is 5.84. The smallest absolute Gasteiger partial charge is 0.123 e. The fourth-order valence-corrected chi connectivity index (χ4v) is 3.09. The van der Waals surface area contributed by atoms with E-state index in [1.165, 1.54) is 0 Å². The first-order chi connectivity index (χ1) is 9.69. The minimum atomic E-state index is 0.167. The van der Waals surface area contributed by atoms with E-state index in [1.54, 1.807) is 7.11 Å². The third kappa shape index (κ3) is 3.52. The van der Waals surface area contributed by atoms with Crippen molar-refractivity contribution in [3.63, 3.8) is 0 Å². The minimum absolute atomic E-state index is 0.167. The van der Waals surface area contributed by atoms with Crippen LogP contribution in [-0.2, 0) is 4.74 Å². The molecule has 1 fully saturated rings. The van der Waals surface area contributed by atoms with Gasteiger partial charge in [-0.05, 0) is 24.6 Å². The molecule has 112 valence electrons. The van der Waals surface area contributed by atoms with Crippen molar-refractivity contribution in [2.24, 2.45) is 5.73 Å². The van der Waals surface area contributed by atoms with E-state index in [4.69, 9.17) is 15.2 Å². The van der Waals surface area contributed by atoms with Crippen LogP contribution in [0, 0.1) is 0 Å². The number of hydrogen-bond acceptors (Lipinski definition) is 4. The van der Waals surface area contributed by atoms with Gasteiger partial charge in [0.25, 0.3) is 0 Å². The summed E-state index contributed by atoms with van der Waals surface area (Å²) in [6.07, 6.45) is 1.33. The molecule has 0 saturated carbocycles. The van der Waals surface area contributed by atoms with E-state index in [0.717, 1.165) is 41.9 Å². The van der Waals surface area contributed by atoms with Crippen LogP contribution in [0.15, 0.2) is 22.7 Å². The van der Waals surface area contributed by atoms with Crippen molar-refractivity contribution in [3.8, 4) is 5.75 Å². The summed E-state index contributed by atoms with van der Waals surface area (Å²) in [4.78, 5) is 2.40. The Morgan fingerprint density at radius 1 is 1.55 bits per heavy atom. The molecule has 1 heterocycles. The first kappa shape index (κ1) is 15.8. The summed E-state index contributed by atoms with van der Waals surface area (Å²) < 4.78 is 12.3. The van der Waals surface area contributed by atoms with Crippen molar-refractivity contribution in [2.45, 2.75) is 25.5 Å². The van der Waals surface area contributed by atoms with Crippen LogP contribution in [-0.4, -0.2) is 44.4 Å². The fourth-order valence-electron chi connectivity index (χ4n) is 2.71. The number of halogens is 1. The van der Waals surface area contributed by atoms with Gasteiger partial charge >= 0.3 is 0 Å². The average molecular weight is 343 g/mol. The van der Waals surface area contributed by atoms with Crippen LogP contribution in [0.25, 0.3) is 0 Å². The van der Waals surface area contributed by atoms with Gasteiger partial charge in [0.1, 0.15) is 5.75 Å². The van der Waals surface area contributed by atoms with Gasteiger partial charge in [-0.2, -0.15) is 0 Å². The van der Waals surface area contributed by atoms with E-state index >= 15 is 0 Å². The molecule has 2 atom stereocenters. The van der Waals surface area contributed by atoms with Crippen molar-refractivity contribution in [1.29, 1.82) is 0 Å². The Balaban J connectivity index is 2.25. The van der Waals surface area contributed by atoms with Crippen LogP contribution in [0.4, 0.5) is 0 Å². The van der Waals surface area contributed by atoms with Gasteiger partial charge in [-0.15, -0.1) is 0 Å². The highest BCUT2D eigenvalue weighted by molar-refractivity contribution is 9.10. The Labute approximate surface area is 129 Å². The highest BCUT2D eigenvalue weighted by Gasteiger charge is 2.27. The van der Waals surface area contributed by atoms with E-state index in [0.29, 0.717) is 12.6 Å². The summed E-state index contributed by atoms with van der Waals surface area (Å²) >= 11 is 3.53. The standard InChI is InChI=1S/C15H23BrN2O2/c1-3-12-10-18(6-7-20-12)14(9-17)13-8-11(16)4-5-15(13)19-2/h4-5,8,12,14H,3,6-7,9-10,17H2,1-2H3. The summed E-state index contributed by atoms with van der Waals surface area (Å²) in [5.74, 6) is 0.892. The van der Waals surface area contributed by atoms with Crippen LogP contribution >= 0.6 is 15.9 Å². The molecule has 0 aliphatic carbocycles. The van der Waals surface area contributed by atoms with Crippen molar-refractivity contribution in [2.75, 3.05) is 33.4 Å². The summed E-state index contributed by atoms with van der Waals surface area (Å²) in [7, 11) is 1.70. The molecule has 4 nitrogen and oxygen atoms in total. The van der Waals surface area contributed by atoms with Gasteiger partial charge in [0.2, 0.25) is 0 Å². The van der Waals surface area contributed by atoms with Gasteiger partial charge in [-0.1, -0.05) is 22.9 Å². The molecule has 2 unspecified atom stereocenters. The molecule has 0 radical (unpaired) electrons. The quantitative estimate of drug-likeness (QED) is 0.893. The molecule has 0 amide bonds. The molecule has 2 rings (SSSR count). The number of benzene rings is 1. The zero-order valence-corrected chi connectivity index (χ0v) is 13.7. The Bertz CT molecular complexity index is 442. The lowest BCUT2D eigenvalue weighted by Gasteiger charge is -2.38. The van der Waals surface area contributed by atoms with Crippen LogP contribution in [0.5, 0.6) is 5.75 Å². The lowest BCUT2D eigenvalue weighted by molar-refractivity contribution is -0.0439. The van der Waals surface area contributed by atoms with Crippen molar-refractivity contribution < 1.29 is 9.47 Å². The summed E-state index contributed by atoms with van der Waals surface area (Å²) in [5.41, 5.74) is 7.18. The number of nitrogens with zero attached hydrogens (tertiary/aromatic N) is 1. The highest BCUT2D eigenvalue weighted by atomic mass is 79.9. The maximum Gasteiger partial charge on any atom is 0.123 e. The second-order valence-electron chi connectivity index (χ2n) is 5.03. The number of ether oxygens (including phenoxy) is 2. The monoisotopic (exact) mass is 342 g/mol. The normalized spacial score (nSPS) is 21.7. The minimum Gasteiger partial charge on any atom is -0.496 e. The number of rotatable bonds is 5. The van der Waals surface area contributed by atoms with Gasteiger partial charge in [0.15, 0.2) is 0 Å². The molecule has 0 spiro atoms. The first-order valence-electron chi connectivity index (χ1n) is 7.08. The molecule has 5 heteroatoms. The van der Waals surface area contributed by atoms with Crippen molar-refractivity contribution in [3.05, 3.63) is 28.2 Å². The highest BCUT2D eigenvalue weighted by Crippen LogP contribution is 2.32. The number of morpholine rings is 1. The number of hydrogen-bond donors (Lipinski definition) is 1. The van der Waals surface area contributed by atoms with E-state index in [1.807, 2.05) is 12.1 Å². The van der Waals surface area contributed by atoms with E-state index in [2.05, 4.69) is 33.8 Å². The van der Waals surface area contributed by atoms with Gasteiger partial charge in [-0.3, -0.25) is 4.90 Å².